The summed E-state index contributed by atoms with van der Waals surface area (Å²) in [5.74, 6) is 0.757. The molecular weight excluding hydrogens is 364 g/mol. The highest BCUT2D eigenvalue weighted by atomic mass is 32.2. The van der Waals surface area contributed by atoms with Crippen molar-refractivity contribution in [3.8, 4) is 22.5 Å². The van der Waals surface area contributed by atoms with Crippen LogP contribution in [0, 0.1) is 13.8 Å². The Labute approximate surface area is 169 Å². The summed E-state index contributed by atoms with van der Waals surface area (Å²) in [5.41, 5.74) is 7.28. The first-order valence-electron chi connectivity index (χ1n) is 9.09. The van der Waals surface area contributed by atoms with Crippen LogP contribution in [0.1, 0.15) is 16.7 Å². The molecule has 0 atom stereocenters. The molecule has 2 heterocycles. The molecule has 0 bridgehead atoms. The second-order valence-electron chi connectivity index (χ2n) is 6.67. The molecule has 0 aliphatic heterocycles. The van der Waals surface area contributed by atoms with Crippen LogP contribution in [0.2, 0.25) is 0 Å². The molecule has 0 saturated heterocycles. The van der Waals surface area contributed by atoms with Gasteiger partial charge in [0.15, 0.2) is 0 Å². The number of pyridine rings is 1. The van der Waals surface area contributed by atoms with Crippen LogP contribution in [0.4, 0.5) is 0 Å². The van der Waals surface area contributed by atoms with Crippen LogP contribution in [0.3, 0.4) is 0 Å². The van der Waals surface area contributed by atoms with Crippen LogP contribution in [0.15, 0.2) is 78.2 Å². The molecule has 138 valence electrons. The van der Waals surface area contributed by atoms with Gasteiger partial charge in [-0.05, 0) is 25.5 Å². The van der Waals surface area contributed by atoms with Gasteiger partial charge in [0.2, 0.25) is 5.16 Å². The molecule has 2 aromatic heterocycles. The van der Waals surface area contributed by atoms with E-state index in [2.05, 4.69) is 83.6 Å². The molecular formula is C23H20N4S. The summed E-state index contributed by atoms with van der Waals surface area (Å²) in [6.07, 6.45) is 3.64. The Balaban J connectivity index is 1.71. The summed E-state index contributed by atoms with van der Waals surface area (Å²) >= 11 is 1.57. The van der Waals surface area contributed by atoms with Gasteiger partial charge in [0.05, 0.1) is 0 Å². The Hall–Kier alpha value is -3.05. The van der Waals surface area contributed by atoms with E-state index in [9.17, 15) is 0 Å². The first kappa shape index (κ1) is 18.3. The summed E-state index contributed by atoms with van der Waals surface area (Å²) in [6.45, 7) is 4.16. The topological polar surface area (TPSA) is 51.6 Å². The van der Waals surface area contributed by atoms with Gasteiger partial charge < -0.3 is 0 Å². The molecule has 2 aromatic carbocycles. The number of hydrogen-bond donors (Lipinski definition) is 0. The Morgan fingerprint density at radius 1 is 0.750 bits per heavy atom. The van der Waals surface area contributed by atoms with Gasteiger partial charge in [-0.3, -0.25) is 4.98 Å². The number of aryl methyl sites for hydroxylation is 2. The van der Waals surface area contributed by atoms with Crippen LogP contribution in [0.25, 0.3) is 22.5 Å². The van der Waals surface area contributed by atoms with E-state index in [1.807, 2.05) is 12.3 Å². The predicted octanol–water partition coefficient (Wildman–Crippen LogP) is 5.51. The van der Waals surface area contributed by atoms with Crippen LogP contribution >= 0.6 is 11.8 Å². The average Bonchev–Trinajstić information content (AvgIpc) is 2.74. The van der Waals surface area contributed by atoms with Crippen molar-refractivity contribution >= 4 is 11.8 Å². The van der Waals surface area contributed by atoms with Gasteiger partial charge in [-0.25, -0.2) is 4.98 Å². The molecule has 0 saturated carbocycles. The number of thioether (sulfide) groups is 1. The SMILES string of the molecule is Cc1ccc(-c2nnc(SCc3cccnc3)nc2-c2ccc(C)cc2)cc1. The van der Waals surface area contributed by atoms with Gasteiger partial charge in [-0.15, -0.1) is 10.2 Å². The third-order valence-corrected chi connectivity index (χ3v) is 5.32. The lowest BCUT2D eigenvalue weighted by molar-refractivity contribution is 0.850. The molecule has 0 amide bonds. The minimum Gasteiger partial charge on any atom is -0.264 e. The third kappa shape index (κ3) is 4.26. The van der Waals surface area contributed by atoms with Gasteiger partial charge in [0, 0.05) is 29.3 Å². The Bertz CT molecular complexity index is 1060. The zero-order valence-corrected chi connectivity index (χ0v) is 16.6. The largest absolute Gasteiger partial charge is 0.264 e. The molecule has 5 heteroatoms. The second-order valence-corrected chi connectivity index (χ2v) is 7.62. The highest BCUT2D eigenvalue weighted by Crippen LogP contribution is 2.30. The molecule has 0 unspecified atom stereocenters. The molecule has 4 rings (SSSR count). The number of aromatic nitrogens is 4. The number of rotatable bonds is 5. The standard InChI is InChI=1S/C23H20N4S/c1-16-5-9-19(10-6-16)21-22(20-11-7-17(2)8-12-20)26-27-23(25-21)28-15-18-4-3-13-24-14-18/h3-14H,15H2,1-2H3. The maximum absolute atomic E-state index is 4.86. The molecule has 0 radical (unpaired) electrons. The van der Waals surface area contributed by atoms with E-state index >= 15 is 0 Å². The van der Waals surface area contributed by atoms with E-state index in [4.69, 9.17) is 4.98 Å². The fourth-order valence-electron chi connectivity index (χ4n) is 2.82. The van der Waals surface area contributed by atoms with Gasteiger partial charge in [-0.1, -0.05) is 77.5 Å². The molecule has 0 aliphatic rings. The van der Waals surface area contributed by atoms with Gasteiger partial charge in [-0.2, -0.15) is 0 Å². The number of hydrogen-bond acceptors (Lipinski definition) is 5. The van der Waals surface area contributed by atoms with Crippen molar-refractivity contribution in [3.05, 3.63) is 89.7 Å². The lowest BCUT2D eigenvalue weighted by Gasteiger charge is -2.10. The van der Waals surface area contributed by atoms with Crippen molar-refractivity contribution in [1.29, 1.82) is 0 Å². The average molecular weight is 385 g/mol. The quantitative estimate of drug-likeness (QED) is 0.425. The molecule has 0 N–H and O–H groups in total. The predicted molar refractivity (Wildman–Crippen MR) is 114 cm³/mol. The molecule has 0 aliphatic carbocycles. The van der Waals surface area contributed by atoms with E-state index in [0.717, 1.165) is 33.8 Å². The summed E-state index contributed by atoms with van der Waals surface area (Å²) in [5, 5.41) is 9.58. The lowest BCUT2D eigenvalue weighted by atomic mass is 10.0. The lowest BCUT2D eigenvalue weighted by Crippen LogP contribution is -1.99. The van der Waals surface area contributed by atoms with E-state index in [0.29, 0.717) is 5.16 Å². The fourth-order valence-corrected chi connectivity index (χ4v) is 3.54. The summed E-state index contributed by atoms with van der Waals surface area (Å²) in [7, 11) is 0. The minimum absolute atomic E-state index is 0.662. The van der Waals surface area contributed by atoms with Crippen LogP contribution in [-0.2, 0) is 5.75 Å². The van der Waals surface area contributed by atoms with Gasteiger partial charge in [0.1, 0.15) is 11.4 Å². The Morgan fingerprint density at radius 3 is 2.00 bits per heavy atom. The Morgan fingerprint density at radius 2 is 1.39 bits per heavy atom. The summed E-state index contributed by atoms with van der Waals surface area (Å²) in [4.78, 5) is 9.02. The Kier molecular flexibility index (Phi) is 5.44. The fraction of sp³-hybridized carbons (Fsp3) is 0.130. The van der Waals surface area contributed by atoms with Crippen molar-refractivity contribution in [3.63, 3.8) is 0 Å². The highest BCUT2D eigenvalue weighted by molar-refractivity contribution is 7.98. The smallest absolute Gasteiger partial charge is 0.210 e. The summed E-state index contributed by atoms with van der Waals surface area (Å²) < 4.78 is 0. The van der Waals surface area contributed by atoms with Crippen molar-refractivity contribution < 1.29 is 0 Å². The normalized spacial score (nSPS) is 10.8. The first-order chi connectivity index (χ1) is 13.7. The van der Waals surface area contributed by atoms with Gasteiger partial charge >= 0.3 is 0 Å². The highest BCUT2D eigenvalue weighted by Gasteiger charge is 2.14. The van der Waals surface area contributed by atoms with Crippen molar-refractivity contribution in [2.24, 2.45) is 0 Å². The maximum atomic E-state index is 4.86. The van der Waals surface area contributed by atoms with E-state index < -0.39 is 0 Å². The monoisotopic (exact) mass is 384 g/mol. The van der Waals surface area contributed by atoms with E-state index in [-0.39, 0.29) is 0 Å². The second kappa shape index (κ2) is 8.31. The zero-order chi connectivity index (χ0) is 19.3. The van der Waals surface area contributed by atoms with Crippen LogP contribution in [-0.4, -0.2) is 20.2 Å². The van der Waals surface area contributed by atoms with Crippen molar-refractivity contribution in [2.45, 2.75) is 24.8 Å². The summed E-state index contributed by atoms with van der Waals surface area (Å²) in [6, 6.07) is 20.7. The van der Waals surface area contributed by atoms with Crippen molar-refractivity contribution in [2.75, 3.05) is 0 Å². The maximum Gasteiger partial charge on any atom is 0.210 e. The zero-order valence-electron chi connectivity index (χ0n) is 15.8. The van der Waals surface area contributed by atoms with Crippen LogP contribution in [0.5, 0.6) is 0 Å². The first-order valence-corrected chi connectivity index (χ1v) is 10.1. The van der Waals surface area contributed by atoms with Crippen LogP contribution < -0.4 is 0 Å². The number of nitrogens with zero attached hydrogens (tertiary/aromatic N) is 4. The van der Waals surface area contributed by atoms with E-state index in [1.54, 1.807) is 18.0 Å². The minimum atomic E-state index is 0.662. The number of benzene rings is 2. The molecule has 0 spiro atoms. The molecule has 0 fully saturated rings. The van der Waals surface area contributed by atoms with E-state index in [1.165, 1.54) is 11.1 Å². The molecule has 4 aromatic rings. The third-order valence-electron chi connectivity index (χ3n) is 4.41. The molecule has 28 heavy (non-hydrogen) atoms. The van der Waals surface area contributed by atoms with Gasteiger partial charge in [0.25, 0.3) is 0 Å². The molecule has 4 nitrogen and oxygen atoms in total. The van der Waals surface area contributed by atoms with Crippen molar-refractivity contribution in [1.82, 2.24) is 20.2 Å².